The maximum Gasteiger partial charge on any atom is 0.319 e. The molecule has 43 heavy (non-hydrogen) atoms. The number of rotatable bonds is 15. The molecule has 4 rings (SSSR count). The summed E-state index contributed by atoms with van der Waals surface area (Å²) >= 11 is 0. The summed E-state index contributed by atoms with van der Waals surface area (Å²) in [6, 6.07) is 15.2. The predicted molar refractivity (Wildman–Crippen MR) is 179 cm³/mol. The molecule has 4 amide bonds. The van der Waals surface area contributed by atoms with Crippen molar-refractivity contribution in [2.24, 2.45) is 9.98 Å². The summed E-state index contributed by atoms with van der Waals surface area (Å²) in [5, 5.41) is 18.3. The molecule has 2 aromatic carbocycles. The number of anilines is 2. The van der Waals surface area contributed by atoms with Crippen molar-refractivity contribution in [2.75, 3.05) is 49.9 Å². The number of hydrogen-bond donors (Lipinski definition) is 6. The van der Waals surface area contributed by atoms with Gasteiger partial charge in [-0.2, -0.15) is 0 Å². The maximum absolute atomic E-state index is 12.2. The molecule has 0 spiro atoms. The molecule has 0 unspecified atom stereocenters. The SMILES string of the molecule is Cl.O=C(NCCCCCCCCCCNC(=O)Nc1ccc(C2=NCCCN2)cc1)Nc1ccc(C2=NCCCN2)cc1. The Morgan fingerprint density at radius 3 is 1.30 bits per heavy atom. The van der Waals surface area contributed by atoms with Crippen LogP contribution in [0.3, 0.4) is 0 Å². The molecule has 0 aromatic heterocycles. The number of amidine groups is 2. The molecule has 0 aliphatic carbocycles. The van der Waals surface area contributed by atoms with Crippen LogP contribution in [0, 0.1) is 0 Å². The zero-order valence-corrected chi connectivity index (χ0v) is 25.9. The van der Waals surface area contributed by atoms with Gasteiger partial charge in [-0.1, -0.05) is 38.5 Å². The summed E-state index contributed by atoms with van der Waals surface area (Å²) in [5.74, 6) is 1.85. The summed E-state index contributed by atoms with van der Waals surface area (Å²) in [6.07, 6.45) is 11.0. The lowest BCUT2D eigenvalue weighted by Gasteiger charge is -2.15. The molecule has 0 radical (unpaired) electrons. The van der Waals surface area contributed by atoms with Gasteiger partial charge in [0.25, 0.3) is 0 Å². The Hall–Kier alpha value is -3.79. The molecule has 0 fully saturated rings. The van der Waals surface area contributed by atoms with Crippen LogP contribution in [0.25, 0.3) is 0 Å². The predicted octanol–water partition coefficient (Wildman–Crippen LogP) is 5.65. The van der Waals surface area contributed by atoms with Crippen molar-refractivity contribution in [3.63, 3.8) is 0 Å². The summed E-state index contributed by atoms with van der Waals surface area (Å²) in [5.41, 5.74) is 3.64. The fourth-order valence-electron chi connectivity index (χ4n) is 4.94. The molecule has 2 heterocycles. The van der Waals surface area contributed by atoms with E-state index in [1.165, 1.54) is 25.7 Å². The first-order valence-electron chi connectivity index (χ1n) is 15.5. The lowest BCUT2D eigenvalue weighted by molar-refractivity contribution is 0.251. The van der Waals surface area contributed by atoms with Crippen molar-refractivity contribution in [3.8, 4) is 0 Å². The number of urea groups is 2. The molecular formula is C32H47ClN8O2. The second kappa shape index (κ2) is 19.4. The highest BCUT2D eigenvalue weighted by Gasteiger charge is 2.09. The van der Waals surface area contributed by atoms with Gasteiger partial charge in [-0.05, 0) is 74.2 Å². The molecule has 6 N–H and O–H groups in total. The van der Waals surface area contributed by atoms with E-state index in [0.29, 0.717) is 13.1 Å². The summed E-state index contributed by atoms with van der Waals surface area (Å²) in [4.78, 5) is 33.3. The number of nitrogens with zero attached hydrogens (tertiary/aromatic N) is 2. The van der Waals surface area contributed by atoms with E-state index in [0.717, 1.165) is 98.9 Å². The zero-order valence-electron chi connectivity index (χ0n) is 25.1. The first kappa shape index (κ1) is 33.7. The zero-order chi connectivity index (χ0) is 29.2. The minimum absolute atomic E-state index is 0. The molecule has 234 valence electrons. The van der Waals surface area contributed by atoms with Gasteiger partial charge in [-0.25, -0.2) is 9.59 Å². The third kappa shape index (κ3) is 12.5. The largest absolute Gasteiger partial charge is 0.370 e. The van der Waals surface area contributed by atoms with E-state index >= 15 is 0 Å². The van der Waals surface area contributed by atoms with Crippen LogP contribution in [-0.2, 0) is 0 Å². The van der Waals surface area contributed by atoms with Gasteiger partial charge in [-0.15, -0.1) is 12.4 Å². The van der Waals surface area contributed by atoms with E-state index in [4.69, 9.17) is 0 Å². The van der Waals surface area contributed by atoms with Crippen LogP contribution in [0.15, 0.2) is 58.5 Å². The minimum atomic E-state index is -0.168. The van der Waals surface area contributed by atoms with Crippen molar-refractivity contribution < 1.29 is 9.59 Å². The van der Waals surface area contributed by atoms with E-state index in [-0.39, 0.29) is 24.5 Å². The van der Waals surface area contributed by atoms with Crippen molar-refractivity contribution in [2.45, 2.75) is 64.2 Å². The minimum Gasteiger partial charge on any atom is -0.370 e. The highest BCUT2D eigenvalue weighted by molar-refractivity contribution is 6.00. The molecule has 2 aliphatic rings. The Morgan fingerprint density at radius 1 is 0.581 bits per heavy atom. The quantitative estimate of drug-likeness (QED) is 0.145. The first-order valence-corrected chi connectivity index (χ1v) is 15.5. The van der Waals surface area contributed by atoms with Crippen LogP contribution in [0.2, 0.25) is 0 Å². The van der Waals surface area contributed by atoms with E-state index in [9.17, 15) is 9.59 Å². The standard InChI is InChI=1S/C32H46N8O2.ClH/c41-31(39-27-15-11-25(12-16-27)29-33-21-9-22-34-29)37-19-7-5-3-1-2-4-6-8-20-38-32(42)40-28-17-13-26(14-18-28)30-35-23-10-24-36-30;/h11-18H,1-10,19-24H2,(H,33,34)(H,35,36)(H2,37,39,41)(H2,38,40,42);1H. The molecule has 0 bridgehead atoms. The summed E-state index contributed by atoms with van der Waals surface area (Å²) in [6.45, 7) is 4.97. The second-order valence-corrected chi connectivity index (χ2v) is 10.8. The molecule has 10 nitrogen and oxygen atoms in total. The van der Waals surface area contributed by atoms with Crippen LogP contribution in [0.5, 0.6) is 0 Å². The van der Waals surface area contributed by atoms with Crippen molar-refractivity contribution in [1.82, 2.24) is 21.3 Å². The van der Waals surface area contributed by atoms with Gasteiger partial charge in [0.05, 0.1) is 0 Å². The number of carbonyl (C=O) groups is 2. The Kier molecular flexibility index (Phi) is 15.2. The van der Waals surface area contributed by atoms with E-state index < -0.39 is 0 Å². The third-order valence-electron chi connectivity index (χ3n) is 7.30. The Morgan fingerprint density at radius 2 is 0.953 bits per heavy atom. The molecule has 0 saturated heterocycles. The third-order valence-corrected chi connectivity index (χ3v) is 7.30. The lowest BCUT2D eigenvalue weighted by Crippen LogP contribution is -2.30. The van der Waals surface area contributed by atoms with Crippen LogP contribution in [0.4, 0.5) is 21.0 Å². The molecule has 0 saturated carbocycles. The number of hydrogen-bond acceptors (Lipinski definition) is 6. The van der Waals surface area contributed by atoms with Crippen molar-refractivity contribution >= 4 is 47.5 Å². The van der Waals surface area contributed by atoms with Gasteiger partial charge < -0.3 is 31.9 Å². The van der Waals surface area contributed by atoms with Gasteiger partial charge in [0.1, 0.15) is 11.7 Å². The lowest BCUT2D eigenvalue weighted by atomic mass is 10.1. The van der Waals surface area contributed by atoms with Crippen molar-refractivity contribution in [3.05, 3.63) is 59.7 Å². The highest BCUT2D eigenvalue weighted by atomic mass is 35.5. The topological polar surface area (TPSA) is 131 Å². The van der Waals surface area contributed by atoms with Crippen LogP contribution >= 0.6 is 12.4 Å². The molecular weight excluding hydrogens is 564 g/mol. The van der Waals surface area contributed by atoms with Crippen LogP contribution in [-0.4, -0.2) is 63.0 Å². The summed E-state index contributed by atoms with van der Waals surface area (Å²) < 4.78 is 0. The number of halogens is 1. The van der Waals surface area contributed by atoms with Gasteiger partial charge >= 0.3 is 12.1 Å². The summed E-state index contributed by atoms with van der Waals surface area (Å²) in [7, 11) is 0. The number of benzene rings is 2. The monoisotopic (exact) mass is 610 g/mol. The number of unbranched alkanes of at least 4 members (excludes halogenated alkanes) is 7. The van der Waals surface area contributed by atoms with E-state index in [2.05, 4.69) is 41.9 Å². The van der Waals surface area contributed by atoms with Gasteiger partial charge in [0.15, 0.2) is 0 Å². The number of aliphatic imine (C=N–C) groups is 2. The Bertz CT molecular complexity index is 1090. The number of nitrogens with one attached hydrogen (secondary N) is 6. The van der Waals surface area contributed by atoms with Crippen LogP contribution < -0.4 is 31.9 Å². The van der Waals surface area contributed by atoms with Gasteiger partial charge in [0.2, 0.25) is 0 Å². The first-order chi connectivity index (χ1) is 20.7. The second-order valence-electron chi connectivity index (χ2n) is 10.8. The Labute approximate surface area is 261 Å². The average molecular weight is 611 g/mol. The average Bonchev–Trinajstić information content (AvgIpc) is 3.03. The fourth-order valence-corrected chi connectivity index (χ4v) is 4.94. The molecule has 11 heteroatoms. The maximum atomic E-state index is 12.2. The van der Waals surface area contributed by atoms with E-state index in [1.807, 2.05) is 48.5 Å². The number of amides is 4. The van der Waals surface area contributed by atoms with E-state index in [1.54, 1.807) is 0 Å². The number of carbonyl (C=O) groups excluding carboxylic acids is 2. The van der Waals surface area contributed by atoms with Crippen LogP contribution in [0.1, 0.15) is 75.3 Å². The van der Waals surface area contributed by atoms with Crippen molar-refractivity contribution in [1.29, 1.82) is 0 Å². The molecule has 2 aliphatic heterocycles. The fraction of sp³-hybridized carbons (Fsp3) is 0.500. The molecule has 2 aromatic rings. The highest BCUT2D eigenvalue weighted by Crippen LogP contribution is 2.13. The van der Waals surface area contributed by atoms with Gasteiger partial charge in [0, 0.05) is 61.8 Å². The van der Waals surface area contributed by atoms with Gasteiger partial charge in [-0.3, -0.25) is 9.98 Å². The smallest absolute Gasteiger partial charge is 0.319 e. The Balaban J connectivity index is 0.00000506. The normalized spacial score (nSPS) is 14.1. The molecule has 0 atom stereocenters.